The van der Waals surface area contributed by atoms with Crippen molar-refractivity contribution in [3.05, 3.63) is 53.1 Å². The van der Waals surface area contributed by atoms with Gasteiger partial charge in [0.2, 0.25) is 0 Å². The number of aromatic nitrogens is 1. The first-order valence-electron chi connectivity index (χ1n) is 9.46. The second-order valence-electron chi connectivity index (χ2n) is 6.75. The van der Waals surface area contributed by atoms with Gasteiger partial charge in [0, 0.05) is 41.7 Å². The number of amides is 1. The fraction of sp³-hybridized carbons (Fsp3) is 0.333. The molecule has 4 rings (SSSR count). The van der Waals surface area contributed by atoms with E-state index in [1.54, 1.807) is 16.7 Å². The van der Waals surface area contributed by atoms with E-state index in [1.807, 2.05) is 48.7 Å². The van der Waals surface area contributed by atoms with Gasteiger partial charge in [-0.1, -0.05) is 29.0 Å². The van der Waals surface area contributed by atoms with Crippen LogP contribution in [0.3, 0.4) is 0 Å². The monoisotopic (exact) mass is 483 g/mol. The molecule has 30 heavy (non-hydrogen) atoms. The summed E-state index contributed by atoms with van der Waals surface area (Å²) >= 11 is 9.27. The number of fused-ring (bicyclic) bond motifs is 1. The lowest BCUT2D eigenvalue weighted by Crippen LogP contribution is -2.43. The van der Waals surface area contributed by atoms with Crippen LogP contribution in [0.2, 0.25) is 5.02 Å². The zero-order chi connectivity index (χ0) is 20.2. The highest BCUT2D eigenvalue weighted by Crippen LogP contribution is 2.32. The van der Waals surface area contributed by atoms with E-state index in [4.69, 9.17) is 21.3 Å². The standard InChI is InChI=1S/C21H22ClN3O2S2.ClH/c1-28-17-4-2-3-15(13-17)20(26)25(8-7-24-9-11-27-12-10-24)21-23-18-6-5-16(22)14-19(18)29-21;/h2-6,13-14H,7-12H2,1H3;1H. The Morgan fingerprint density at radius 2 is 2.07 bits per heavy atom. The molecule has 0 spiro atoms. The molecule has 1 aromatic heterocycles. The lowest BCUT2D eigenvalue weighted by atomic mass is 10.2. The SMILES string of the molecule is CSc1cccc(C(=O)N(CCN2CCOCC2)c2nc3ccc(Cl)cc3s2)c1.Cl. The van der Waals surface area contributed by atoms with Gasteiger partial charge in [0.1, 0.15) is 0 Å². The fourth-order valence-electron chi connectivity index (χ4n) is 3.26. The minimum atomic E-state index is -0.0284. The van der Waals surface area contributed by atoms with Crippen LogP contribution in [0.25, 0.3) is 10.2 Å². The van der Waals surface area contributed by atoms with Crippen molar-refractivity contribution in [2.75, 3.05) is 50.5 Å². The van der Waals surface area contributed by atoms with Gasteiger partial charge in [-0.3, -0.25) is 14.6 Å². The first-order valence-corrected chi connectivity index (χ1v) is 11.9. The highest BCUT2D eigenvalue weighted by atomic mass is 35.5. The lowest BCUT2D eigenvalue weighted by molar-refractivity contribution is 0.0391. The molecule has 1 aliphatic heterocycles. The van der Waals surface area contributed by atoms with E-state index in [1.165, 1.54) is 11.3 Å². The van der Waals surface area contributed by atoms with Crippen molar-refractivity contribution in [3.8, 4) is 0 Å². The van der Waals surface area contributed by atoms with Crippen LogP contribution < -0.4 is 4.90 Å². The van der Waals surface area contributed by atoms with Crippen molar-refractivity contribution in [2.24, 2.45) is 0 Å². The first-order chi connectivity index (χ1) is 14.1. The Morgan fingerprint density at radius 3 is 2.83 bits per heavy atom. The van der Waals surface area contributed by atoms with E-state index >= 15 is 0 Å². The number of carbonyl (C=O) groups is 1. The smallest absolute Gasteiger partial charge is 0.260 e. The van der Waals surface area contributed by atoms with Gasteiger partial charge in [-0.05, 0) is 42.7 Å². The molecule has 9 heteroatoms. The van der Waals surface area contributed by atoms with Gasteiger partial charge in [-0.25, -0.2) is 4.98 Å². The Balaban J connectivity index is 0.00000256. The van der Waals surface area contributed by atoms with Crippen LogP contribution in [-0.4, -0.2) is 61.4 Å². The molecular formula is C21H23Cl2N3O2S2. The molecule has 1 amide bonds. The number of ether oxygens (including phenoxy) is 1. The van der Waals surface area contributed by atoms with Crippen LogP contribution >= 0.6 is 47.1 Å². The number of thioether (sulfide) groups is 1. The molecule has 0 unspecified atom stereocenters. The Bertz CT molecular complexity index is 1010. The number of rotatable bonds is 6. The summed E-state index contributed by atoms with van der Waals surface area (Å²) in [6, 6.07) is 13.4. The Morgan fingerprint density at radius 1 is 1.27 bits per heavy atom. The van der Waals surface area contributed by atoms with Gasteiger partial charge in [-0.2, -0.15) is 0 Å². The summed E-state index contributed by atoms with van der Waals surface area (Å²) in [6.07, 6.45) is 2.01. The van der Waals surface area contributed by atoms with Gasteiger partial charge in [0.05, 0.1) is 23.4 Å². The number of benzene rings is 2. The van der Waals surface area contributed by atoms with Crippen molar-refractivity contribution >= 4 is 68.4 Å². The molecule has 2 aromatic carbocycles. The molecule has 5 nitrogen and oxygen atoms in total. The van der Waals surface area contributed by atoms with Gasteiger partial charge in [-0.15, -0.1) is 24.2 Å². The van der Waals surface area contributed by atoms with E-state index in [0.717, 1.165) is 48.0 Å². The number of anilines is 1. The maximum atomic E-state index is 13.4. The predicted octanol–water partition coefficient (Wildman–Crippen LogP) is 5.07. The topological polar surface area (TPSA) is 45.7 Å². The molecule has 0 aliphatic carbocycles. The summed E-state index contributed by atoms with van der Waals surface area (Å²) in [6.45, 7) is 4.62. The zero-order valence-corrected chi connectivity index (χ0v) is 19.8. The van der Waals surface area contributed by atoms with Crippen molar-refractivity contribution in [2.45, 2.75) is 4.90 Å². The Labute approximate surface area is 195 Å². The largest absolute Gasteiger partial charge is 0.379 e. The minimum Gasteiger partial charge on any atom is -0.379 e. The molecule has 0 N–H and O–H groups in total. The molecule has 160 valence electrons. The summed E-state index contributed by atoms with van der Waals surface area (Å²) in [4.78, 5) is 23.4. The first kappa shape index (κ1) is 23.3. The van der Waals surface area contributed by atoms with Crippen LogP contribution in [0.4, 0.5) is 5.13 Å². The van der Waals surface area contributed by atoms with Gasteiger partial charge in [0.15, 0.2) is 5.13 Å². The summed E-state index contributed by atoms with van der Waals surface area (Å²) in [7, 11) is 0. The van der Waals surface area contributed by atoms with E-state index in [2.05, 4.69) is 4.90 Å². The van der Waals surface area contributed by atoms with E-state index < -0.39 is 0 Å². The van der Waals surface area contributed by atoms with Crippen molar-refractivity contribution < 1.29 is 9.53 Å². The second kappa shape index (κ2) is 10.8. The van der Waals surface area contributed by atoms with Crippen LogP contribution in [0.5, 0.6) is 0 Å². The molecule has 0 saturated carbocycles. The highest BCUT2D eigenvalue weighted by Gasteiger charge is 2.23. The number of morpholine rings is 1. The summed E-state index contributed by atoms with van der Waals surface area (Å²) < 4.78 is 6.42. The molecule has 1 aliphatic rings. The summed E-state index contributed by atoms with van der Waals surface area (Å²) in [5.74, 6) is -0.0284. The minimum absolute atomic E-state index is 0. The predicted molar refractivity (Wildman–Crippen MR) is 129 cm³/mol. The molecule has 0 bridgehead atoms. The molecule has 2 heterocycles. The average Bonchev–Trinajstić information content (AvgIpc) is 3.17. The number of hydrogen-bond acceptors (Lipinski definition) is 6. The Hall–Kier alpha value is -1.35. The van der Waals surface area contributed by atoms with Crippen molar-refractivity contribution in [1.29, 1.82) is 0 Å². The maximum absolute atomic E-state index is 13.4. The highest BCUT2D eigenvalue weighted by molar-refractivity contribution is 7.98. The number of hydrogen-bond donors (Lipinski definition) is 0. The van der Waals surface area contributed by atoms with Crippen LogP contribution in [0, 0.1) is 0 Å². The number of halogens is 2. The molecule has 3 aromatic rings. The van der Waals surface area contributed by atoms with E-state index in [9.17, 15) is 4.79 Å². The molecule has 1 fully saturated rings. The van der Waals surface area contributed by atoms with Gasteiger partial charge in [0.25, 0.3) is 5.91 Å². The third kappa shape index (κ3) is 5.46. The third-order valence-electron chi connectivity index (χ3n) is 4.88. The van der Waals surface area contributed by atoms with Gasteiger partial charge < -0.3 is 4.74 Å². The van der Waals surface area contributed by atoms with Crippen LogP contribution in [-0.2, 0) is 4.74 Å². The Kier molecular flexibility index (Phi) is 8.39. The number of nitrogens with zero attached hydrogens (tertiary/aromatic N) is 3. The number of carbonyl (C=O) groups excluding carboxylic acids is 1. The lowest BCUT2D eigenvalue weighted by Gasteiger charge is -2.29. The molecular weight excluding hydrogens is 461 g/mol. The average molecular weight is 484 g/mol. The summed E-state index contributed by atoms with van der Waals surface area (Å²) in [5, 5.41) is 1.38. The second-order valence-corrected chi connectivity index (χ2v) is 9.08. The van der Waals surface area contributed by atoms with Crippen molar-refractivity contribution in [1.82, 2.24) is 9.88 Å². The zero-order valence-electron chi connectivity index (χ0n) is 16.5. The molecule has 0 radical (unpaired) electrons. The van der Waals surface area contributed by atoms with Crippen LogP contribution in [0.1, 0.15) is 10.4 Å². The van der Waals surface area contributed by atoms with E-state index in [0.29, 0.717) is 22.3 Å². The third-order valence-corrected chi connectivity index (χ3v) is 6.88. The normalized spacial score (nSPS) is 14.5. The maximum Gasteiger partial charge on any atom is 0.260 e. The number of thiazole rings is 1. The summed E-state index contributed by atoms with van der Waals surface area (Å²) in [5.41, 5.74) is 1.53. The molecule has 1 saturated heterocycles. The molecule has 0 atom stereocenters. The van der Waals surface area contributed by atoms with Crippen molar-refractivity contribution in [3.63, 3.8) is 0 Å². The van der Waals surface area contributed by atoms with Gasteiger partial charge >= 0.3 is 0 Å². The fourth-order valence-corrected chi connectivity index (χ4v) is 4.99. The van der Waals surface area contributed by atoms with E-state index in [-0.39, 0.29) is 18.3 Å². The van der Waals surface area contributed by atoms with Crippen LogP contribution in [0.15, 0.2) is 47.4 Å². The quantitative estimate of drug-likeness (QED) is 0.457.